The van der Waals surface area contributed by atoms with Gasteiger partial charge in [0.2, 0.25) is 0 Å². The van der Waals surface area contributed by atoms with Gasteiger partial charge in [-0.15, -0.1) is 0 Å². The highest BCUT2D eigenvalue weighted by Crippen LogP contribution is 2.40. The lowest BCUT2D eigenvalue weighted by atomic mass is 10.2. The lowest BCUT2D eigenvalue weighted by Crippen LogP contribution is -2.01. The van der Waals surface area contributed by atoms with E-state index in [-0.39, 0.29) is 0 Å². The SMILES string of the molecule is Brc1ccccc1.O=C(C1CC1)C1CC1. The van der Waals surface area contributed by atoms with Gasteiger partial charge in [-0.3, -0.25) is 4.79 Å². The molecule has 15 heavy (non-hydrogen) atoms. The second-order valence-electron chi connectivity index (χ2n) is 4.25. The van der Waals surface area contributed by atoms with Crippen molar-refractivity contribution in [3.8, 4) is 0 Å². The summed E-state index contributed by atoms with van der Waals surface area (Å²) in [6.45, 7) is 0. The standard InChI is InChI=1S/C7H10O.C6H5Br/c8-7(5-1-2-5)6-3-4-6;7-6-4-2-1-3-5-6/h5-6H,1-4H2;1-5H. The molecule has 2 aliphatic rings. The molecule has 0 radical (unpaired) electrons. The van der Waals surface area contributed by atoms with Gasteiger partial charge in [0.25, 0.3) is 0 Å². The van der Waals surface area contributed by atoms with Crippen LogP contribution in [0.3, 0.4) is 0 Å². The van der Waals surface area contributed by atoms with E-state index in [1.54, 1.807) is 0 Å². The highest BCUT2D eigenvalue weighted by molar-refractivity contribution is 9.10. The van der Waals surface area contributed by atoms with Crippen molar-refractivity contribution in [3.05, 3.63) is 34.8 Å². The summed E-state index contributed by atoms with van der Waals surface area (Å²) in [6, 6.07) is 9.97. The molecule has 0 heterocycles. The molecule has 2 saturated carbocycles. The van der Waals surface area contributed by atoms with E-state index in [0.29, 0.717) is 17.6 Å². The van der Waals surface area contributed by atoms with E-state index < -0.39 is 0 Å². The predicted molar refractivity (Wildman–Crippen MR) is 64.6 cm³/mol. The average molecular weight is 267 g/mol. The maximum atomic E-state index is 11.0. The summed E-state index contributed by atoms with van der Waals surface area (Å²) in [6.07, 6.45) is 4.76. The molecular formula is C13H15BrO. The zero-order chi connectivity index (χ0) is 10.7. The largest absolute Gasteiger partial charge is 0.299 e. The third kappa shape index (κ3) is 3.78. The lowest BCUT2D eigenvalue weighted by molar-refractivity contribution is -0.121. The Morgan fingerprint density at radius 1 is 1.00 bits per heavy atom. The number of ketones is 1. The third-order valence-corrected chi connectivity index (χ3v) is 3.22. The first kappa shape index (κ1) is 10.9. The minimum Gasteiger partial charge on any atom is -0.299 e. The van der Waals surface area contributed by atoms with Gasteiger partial charge in [0.05, 0.1) is 0 Å². The molecule has 0 aromatic heterocycles. The number of carbonyl (C=O) groups is 1. The van der Waals surface area contributed by atoms with Crippen molar-refractivity contribution in [2.75, 3.05) is 0 Å². The van der Waals surface area contributed by atoms with Crippen LogP contribution < -0.4 is 0 Å². The van der Waals surface area contributed by atoms with Crippen molar-refractivity contribution in [2.45, 2.75) is 25.7 Å². The van der Waals surface area contributed by atoms with Gasteiger partial charge in [0.1, 0.15) is 5.78 Å². The van der Waals surface area contributed by atoms with E-state index in [1.807, 2.05) is 30.3 Å². The molecule has 0 amide bonds. The Labute approximate surface area is 99.0 Å². The zero-order valence-corrected chi connectivity index (χ0v) is 10.2. The van der Waals surface area contributed by atoms with Gasteiger partial charge in [0.15, 0.2) is 0 Å². The maximum Gasteiger partial charge on any atom is 0.139 e. The minimum absolute atomic E-state index is 0.516. The fourth-order valence-electron chi connectivity index (χ4n) is 1.48. The van der Waals surface area contributed by atoms with Gasteiger partial charge in [-0.2, -0.15) is 0 Å². The third-order valence-electron chi connectivity index (χ3n) is 2.69. The Morgan fingerprint density at radius 3 is 1.73 bits per heavy atom. The number of rotatable bonds is 2. The smallest absolute Gasteiger partial charge is 0.139 e. The molecule has 80 valence electrons. The summed E-state index contributed by atoms with van der Waals surface area (Å²) in [4.78, 5) is 11.0. The van der Waals surface area contributed by atoms with Crippen LogP contribution in [0.15, 0.2) is 34.8 Å². The molecule has 0 bridgehead atoms. The molecule has 3 rings (SSSR count). The monoisotopic (exact) mass is 266 g/mol. The van der Waals surface area contributed by atoms with Crippen molar-refractivity contribution in [2.24, 2.45) is 11.8 Å². The number of Topliss-reactive ketones (excluding diaryl/α,β-unsaturated/α-hetero) is 1. The molecule has 1 nitrogen and oxygen atoms in total. The van der Waals surface area contributed by atoms with Crippen molar-refractivity contribution in [1.29, 1.82) is 0 Å². The van der Waals surface area contributed by atoms with Crippen LogP contribution >= 0.6 is 15.9 Å². The van der Waals surface area contributed by atoms with E-state index in [2.05, 4.69) is 15.9 Å². The van der Waals surface area contributed by atoms with Crippen LogP contribution in [-0.4, -0.2) is 5.78 Å². The quantitative estimate of drug-likeness (QED) is 0.796. The summed E-state index contributed by atoms with van der Waals surface area (Å²) >= 11 is 3.31. The van der Waals surface area contributed by atoms with Crippen LogP contribution in [-0.2, 0) is 4.79 Å². The summed E-state index contributed by atoms with van der Waals surface area (Å²) in [5, 5.41) is 0. The van der Waals surface area contributed by atoms with Gasteiger partial charge in [-0.05, 0) is 37.8 Å². The summed E-state index contributed by atoms with van der Waals surface area (Å²) < 4.78 is 1.13. The molecule has 0 aliphatic heterocycles. The van der Waals surface area contributed by atoms with Gasteiger partial charge in [0, 0.05) is 16.3 Å². The molecule has 2 fully saturated rings. The first-order chi connectivity index (χ1) is 7.27. The van der Waals surface area contributed by atoms with Crippen LogP contribution in [0.25, 0.3) is 0 Å². The fourth-order valence-corrected chi connectivity index (χ4v) is 1.79. The highest BCUT2D eigenvalue weighted by Gasteiger charge is 2.39. The highest BCUT2D eigenvalue weighted by atomic mass is 79.9. The van der Waals surface area contributed by atoms with Crippen molar-refractivity contribution < 1.29 is 4.79 Å². The Morgan fingerprint density at radius 2 is 1.47 bits per heavy atom. The van der Waals surface area contributed by atoms with E-state index >= 15 is 0 Å². The molecule has 0 spiro atoms. The van der Waals surface area contributed by atoms with Crippen LogP contribution in [0.1, 0.15) is 25.7 Å². The molecule has 2 heteroatoms. The van der Waals surface area contributed by atoms with Crippen LogP contribution in [0.4, 0.5) is 0 Å². The summed E-state index contributed by atoms with van der Waals surface area (Å²) in [7, 11) is 0. The summed E-state index contributed by atoms with van der Waals surface area (Å²) in [5.74, 6) is 1.61. The average Bonchev–Trinajstić information content (AvgIpc) is 3.11. The van der Waals surface area contributed by atoms with Crippen LogP contribution in [0, 0.1) is 11.8 Å². The predicted octanol–water partition coefficient (Wildman–Crippen LogP) is 3.82. The zero-order valence-electron chi connectivity index (χ0n) is 8.66. The maximum absolute atomic E-state index is 11.0. The Balaban J connectivity index is 0.000000115. The molecule has 1 aromatic carbocycles. The van der Waals surface area contributed by atoms with E-state index in [0.717, 1.165) is 4.47 Å². The molecule has 0 saturated heterocycles. The molecule has 1 aromatic rings. The molecule has 0 unspecified atom stereocenters. The number of carbonyl (C=O) groups excluding carboxylic acids is 1. The van der Waals surface area contributed by atoms with Gasteiger partial charge >= 0.3 is 0 Å². The lowest BCUT2D eigenvalue weighted by Gasteiger charge is -1.87. The van der Waals surface area contributed by atoms with E-state index in [4.69, 9.17) is 0 Å². The van der Waals surface area contributed by atoms with Gasteiger partial charge < -0.3 is 0 Å². The summed E-state index contributed by atoms with van der Waals surface area (Å²) in [5.41, 5.74) is 0. The molecule has 2 aliphatic carbocycles. The first-order valence-corrected chi connectivity index (χ1v) is 6.31. The fraction of sp³-hybridized carbons (Fsp3) is 0.462. The number of hydrogen-bond donors (Lipinski definition) is 0. The normalized spacial score (nSPS) is 19.0. The molecule has 0 N–H and O–H groups in total. The van der Waals surface area contributed by atoms with Crippen molar-refractivity contribution >= 4 is 21.7 Å². The number of hydrogen-bond acceptors (Lipinski definition) is 1. The van der Waals surface area contributed by atoms with Crippen molar-refractivity contribution in [3.63, 3.8) is 0 Å². The van der Waals surface area contributed by atoms with E-state index in [9.17, 15) is 4.79 Å². The number of halogens is 1. The first-order valence-electron chi connectivity index (χ1n) is 5.51. The number of benzene rings is 1. The Hall–Kier alpha value is -0.630. The topological polar surface area (TPSA) is 17.1 Å². The second kappa shape index (κ2) is 4.93. The molecule has 0 atom stereocenters. The Kier molecular flexibility index (Phi) is 3.57. The van der Waals surface area contributed by atoms with Crippen LogP contribution in [0.5, 0.6) is 0 Å². The van der Waals surface area contributed by atoms with Gasteiger partial charge in [-0.25, -0.2) is 0 Å². The van der Waals surface area contributed by atoms with Crippen molar-refractivity contribution in [1.82, 2.24) is 0 Å². The van der Waals surface area contributed by atoms with Crippen LogP contribution in [0.2, 0.25) is 0 Å². The Bertz CT molecular complexity index is 312. The molecular weight excluding hydrogens is 252 g/mol. The second-order valence-corrected chi connectivity index (χ2v) is 5.16. The van der Waals surface area contributed by atoms with E-state index in [1.165, 1.54) is 25.7 Å². The minimum atomic E-state index is 0.516. The van der Waals surface area contributed by atoms with Gasteiger partial charge in [-0.1, -0.05) is 34.1 Å².